The van der Waals surface area contributed by atoms with Crippen molar-refractivity contribution in [3.05, 3.63) is 84.2 Å². The predicted molar refractivity (Wildman–Crippen MR) is 146 cm³/mol. The molecule has 0 spiro atoms. The van der Waals surface area contributed by atoms with Crippen molar-refractivity contribution in [1.29, 1.82) is 0 Å². The van der Waals surface area contributed by atoms with Gasteiger partial charge in [0, 0.05) is 18.4 Å². The van der Waals surface area contributed by atoms with Crippen molar-refractivity contribution in [2.24, 2.45) is 0 Å². The first kappa shape index (κ1) is 29.4. The summed E-state index contributed by atoms with van der Waals surface area (Å²) in [6, 6.07) is 14.9. The average molecular weight is 537 g/mol. The number of rotatable bonds is 12. The summed E-state index contributed by atoms with van der Waals surface area (Å²) in [6.07, 6.45) is 8.35. The topological polar surface area (TPSA) is 106 Å². The van der Waals surface area contributed by atoms with E-state index in [0.717, 1.165) is 10.3 Å². The van der Waals surface area contributed by atoms with Crippen molar-refractivity contribution >= 4 is 24.0 Å². The number of aromatic nitrogens is 2. The van der Waals surface area contributed by atoms with Gasteiger partial charge in [0.1, 0.15) is 23.8 Å². The molecule has 2 aromatic heterocycles. The van der Waals surface area contributed by atoms with Crippen LogP contribution in [0.4, 0.5) is 10.6 Å². The number of oxazole rings is 1. The highest BCUT2D eigenvalue weighted by atomic mass is 16.6. The van der Waals surface area contributed by atoms with E-state index in [1.54, 1.807) is 52.2 Å². The zero-order valence-corrected chi connectivity index (χ0v) is 23.1. The molecule has 0 saturated carbocycles. The third-order valence-corrected chi connectivity index (χ3v) is 5.73. The molecule has 1 atom stereocenters. The van der Waals surface area contributed by atoms with Crippen molar-refractivity contribution in [3.63, 3.8) is 0 Å². The van der Waals surface area contributed by atoms with E-state index in [2.05, 4.69) is 4.98 Å². The van der Waals surface area contributed by atoms with E-state index in [1.165, 1.54) is 11.1 Å². The van der Waals surface area contributed by atoms with Crippen molar-refractivity contribution in [2.75, 3.05) is 18.1 Å². The zero-order chi connectivity index (χ0) is 28.3. The van der Waals surface area contributed by atoms with Crippen molar-refractivity contribution in [2.45, 2.75) is 64.9 Å². The fourth-order valence-electron chi connectivity index (χ4n) is 3.99. The quantitative estimate of drug-likeness (QED) is 0.137. The smallest absolute Gasteiger partial charge is 0.466 e. The summed E-state index contributed by atoms with van der Waals surface area (Å²) in [5, 5.41) is 10.2. The number of nitrogens with zero attached hydrogens (tertiary/aromatic N) is 3. The Morgan fingerprint density at radius 1 is 1.15 bits per heavy atom. The minimum atomic E-state index is -0.662. The standard InChI is InChI=1S/C30H38N3O6/c1-5-37-28(34)21-24(23-14-8-6-9-15-23)20-26-31-25(22-38-26)16-10-7-12-18-32(29(35)39-30(2,3)4)27-17-11-13-19-33(27)36/h6,8-11,13-17,19,22,24,36H,5,7,12,18,20-21H2,1-4H3/q+1. The van der Waals surface area contributed by atoms with Crippen molar-refractivity contribution < 1.29 is 33.4 Å². The summed E-state index contributed by atoms with van der Waals surface area (Å²) in [5.41, 5.74) is 1.04. The first-order valence-electron chi connectivity index (χ1n) is 13.2. The van der Waals surface area contributed by atoms with Gasteiger partial charge in [-0.3, -0.25) is 4.79 Å². The number of pyridine rings is 1. The summed E-state index contributed by atoms with van der Waals surface area (Å²) in [7, 11) is 0. The second kappa shape index (κ2) is 14.1. The Morgan fingerprint density at radius 3 is 2.59 bits per heavy atom. The first-order chi connectivity index (χ1) is 18.7. The van der Waals surface area contributed by atoms with Crippen LogP contribution in [0.3, 0.4) is 0 Å². The lowest BCUT2D eigenvalue weighted by atomic mass is 9.92. The number of unbranched alkanes of at least 4 members (excludes halogenated alkanes) is 1. The lowest BCUT2D eigenvalue weighted by Gasteiger charge is -2.22. The van der Waals surface area contributed by atoms with E-state index in [0.29, 0.717) is 49.8 Å². The van der Waals surface area contributed by atoms with Crippen LogP contribution in [0.2, 0.25) is 0 Å². The van der Waals surface area contributed by atoms with Crippen LogP contribution in [-0.4, -0.2) is 41.0 Å². The van der Waals surface area contributed by atoms with Crippen LogP contribution in [0.1, 0.15) is 70.0 Å². The van der Waals surface area contributed by atoms with Crippen molar-refractivity contribution in [3.8, 4) is 0 Å². The number of carbonyl (C=O) groups excluding carboxylic acids is 2. The van der Waals surface area contributed by atoms with Gasteiger partial charge < -0.3 is 19.1 Å². The van der Waals surface area contributed by atoms with Gasteiger partial charge in [-0.05, 0) is 58.2 Å². The molecule has 9 nitrogen and oxygen atoms in total. The molecule has 0 bridgehead atoms. The Bertz CT molecular complexity index is 1230. The Kier molecular flexibility index (Phi) is 10.7. The highest BCUT2D eigenvalue weighted by molar-refractivity contribution is 5.85. The number of ether oxygens (including phenoxy) is 2. The van der Waals surface area contributed by atoms with Gasteiger partial charge in [-0.1, -0.05) is 47.2 Å². The SMILES string of the molecule is CCOC(=O)CC(Cc1nc(C=CCCCN(C(=O)OC(C)(C)C)c2cccc[n+]2O)co1)c1ccccc1. The number of hydrogen-bond donors (Lipinski definition) is 1. The molecular weight excluding hydrogens is 498 g/mol. The Morgan fingerprint density at radius 2 is 1.90 bits per heavy atom. The van der Waals surface area contributed by atoms with Crippen LogP contribution in [-0.2, 0) is 20.7 Å². The fourth-order valence-corrected chi connectivity index (χ4v) is 3.99. The van der Waals surface area contributed by atoms with Crippen LogP contribution < -0.4 is 9.63 Å². The van der Waals surface area contributed by atoms with Gasteiger partial charge in [0.15, 0.2) is 5.89 Å². The third kappa shape index (κ3) is 9.59. The number of benzene rings is 1. The average Bonchev–Trinajstić information content (AvgIpc) is 3.33. The predicted octanol–water partition coefficient (Wildman–Crippen LogP) is 5.71. The van der Waals surface area contributed by atoms with Crippen LogP contribution in [0.5, 0.6) is 0 Å². The van der Waals surface area contributed by atoms with Gasteiger partial charge in [0.05, 0.1) is 19.6 Å². The Balaban J connectivity index is 1.59. The minimum absolute atomic E-state index is 0.105. The number of anilines is 1. The van der Waals surface area contributed by atoms with E-state index in [1.807, 2.05) is 42.5 Å². The maximum absolute atomic E-state index is 12.8. The third-order valence-electron chi connectivity index (χ3n) is 5.73. The normalized spacial score (nSPS) is 12.3. The summed E-state index contributed by atoms with van der Waals surface area (Å²) < 4.78 is 17.3. The Labute approximate surface area is 229 Å². The summed E-state index contributed by atoms with van der Waals surface area (Å²) in [5.74, 6) is 0.514. The first-order valence-corrected chi connectivity index (χ1v) is 13.2. The zero-order valence-electron chi connectivity index (χ0n) is 23.1. The van der Waals surface area contributed by atoms with Gasteiger partial charge in [-0.2, -0.15) is 9.69 Å². The van der Waals surface area contributed by atoms with E-state index in [4.69, 9.17) is 13.9 Å². The molecule has 2 heterocycles. The molecule has 0 aliphatic heterocycles. The van der Waals surface area contributed by atoms with Gasteiger partial charge in [0.2, 0.25) is 0 Å². The lowest BCUT2D eigenvalue weighted by Crippen LogP contribution is -2.45. The molecule has 3 rings (SSSR count). The molecule has 1 unspecified atom stereocenters. The number of esters is 1. The number of amides is 1. The van der Waals surface area contributed by atoms with Crippen LogP contribution in [0.15, 0.2) is 71.5 Å². The molecule has 1 N–H and O–H groups in total. The van der Waals surface area contributed by atoms with Gasteiger partial charge in [0.25, 0.3) is 0 Å². The Hall–Kier alpha value is -4.14. The van der Waals surface area contributed by atoms with Gasteiger partial charge in [-0.25, -0.2) is 4.98 Å². The van der Waals surface area contributed by atoms with Crippen molar-refractivity contribution in [1.82, 2.24) is 4.98 Å². The maximum atomic E-state index is 12.8. The van der Waals surface area contributed by atoms with E-state index in [9.17, 15) is 14.8 Å². The van der Waals surface area contributed by atoms with Gasteiger partial charge in [-0.15, -0.1) is 0 Å². The molecular formula is C30H38N3O6+. The summed E-state index contributed by atoms with van der Waals surface area (Å²) >= 11 is 0. The monoisotopic (exact) mass is 536 g/mol. The molecule has 39 heavy (non-hydrogen) atoms. The molecule has 0 aliphatic rings. The number of allylic oxidation sites excluding steroid dienone is 1. The van der Waals surface area contributed by atoms with Crippen LogP contribution in [0, 0.1) is 0 Å². The molecule has 9 heteroatoms. The van der Waals surface area contributed by atoms with Gasteiger partial charge >= 0.3 is 17.9 Å². The minimum Gasteiger partial charge on any atom is -0.466 e. The largest absolute Gasteiger partial charge is 0.507 e. The number of carbonyl (C=O) groups is 2. The van der Waals surface area contributed by atoms with Crippen LogP contribution >= 0.6 is 0 Å². The molecule has 3 aromatic rings. The fraction of sp³-hybridized carbons (Fsp3) is 0.400. The molecule has 0 radical (unpaired) electrons. The molecule has 0 saturated heterocycles. The van der Waals surface area contributed by atoms with E-state index in [-0.39, 0.29) is 18.3 Å². The highest BCUT2D eigenvalue weighted by Gasteiger charge is 2.32. The molecule has 208 valence electrons. The molecule has 0 fully saturated rings. The second-order valence-corrected chi connectivity index (χ2v) is 10.1. The molecule has 1 amide bonds. The lowest BCUT2D eigenvalue weighted by molar-refractivity contribution is -0.894. The van der Waals surface area contributed by atoms with E-state index < -0.39 is 11.7 Å². The van der Waals surface area contributed by atoms with Crippen LogP contribution in [0.25, 0.3) is 6.08 Å². The maximum Gasteiger partial charge on any atom is 0.507 e. The highest BCUT2D eigenvalue weighted by Crippen LogP contribution is 2.25. The summed E-state index contributed by atoms with van der Waals surface area (Å²) in [4.78, 5) is 30.9. The van der Waals surface area contributed by atoms with E-state index >= 15 is 0 Å². The number of hydrogen-bond acceptors (Lipinski definition) is 7. The molecule has 0 aliphatic carbocycles. The summed E-state index contributed by atoms with van der Waals surface area (Å²) in [6.45, 7) is 7.88. The molecule has 1 aromatic carbocycles. The second-order valence-electron chi connectivity index (χ2n) is 10.1.